The molecule has 1 heterocycles. The molecule has 0 bridgehead atoms. The number of nitriles is 1. The highest BCUT2D eigenvalue weighted by Crippen LogP contribution is 2.25. The van der Waals surface area contributed by atoms with Crippen LogP contribution in [0.3, 0.4) is 0 Å². The Morgan fingerprint density at radius 2 is 1.74 bits per heavy atom. The lowest BCUT2D eigenvalue weighted by Crippen LogP contribution is -2.22. The average molecular weight is 364 g/mol. The molecular formula is C22H28N4O. The summed E-state index contributed by atoms with van der Waals surface area (Å²) in [6, 6.07) is 12.5. The van der Waals surface area contributed by atoms with Gasteiger partial charge in [-0.25, -0.2) is 0 Å². The smallest absolute Gasteiger partial charge is 0.264 e. The van der Waals surface area contributed by atoms with Gasteiger partial charge in [0.15, 0.2) is 0 Å². The van der Waals surface area contributed by atoms with Gasteiger partial charge in [0.05, 0.1) is 0 Å². The Hall–Kier alpha value is -3.00. The molecule has 2 aromatic rings. The van der Waals surface area contributed by atoms with Crippen LogP contribution in [0.15, 0.2) is 35.9 Å². The molecule has 0 N–H and O–H groups in total. The van der Waals surface area contributed by atoms with Crippen molar-refractivity contribution in [3.8, 4) is 11.8 Å². The van der Waals surface area contributed by atoms with E-state index in [0.29, 0.717) is 0 Å². The summed E-state index contributed by atoms with van der Waals surface area (Å²) in [4.78, 5) is 15.9. The number of anilines is 1. The highest BCUT2D eigenvalue weighted by atomic mass is 16.2. The Labute approximate surface area is 162 Å². The first-order chi connectivity index (χ1) is 12.8. The third kappa shape index (κ3) is 4.22. The Bertz CT molecular complexity index is 878. The van der Waals surface area contributed by atoms with Crippen LogP contribution >= 0.6 is 0 Å². The van der Waals surface area contributed by atoms with E-state index in [1.54, 1.807) is 20.2 Å². The standard InChI is InChI=1S/C22H28N4O/c1-7-25(8-2)20-9-11-21(12-10-20)26-16(3)13-18(17(26)4)14-19(15-23)22(27)24(5)6/h9-14H,7-8H2,1-6H3/b19-14-. The van der Waals surface area contributed by atoms with Gasteiger partial charge < -0.3 is 14.4 Å². The topological polar surface area (TPSA) is 52.3 Å². The van der Waals surface area contributed by atoms with Crippen LogP contribution in [0.2, 0.25) is 0 Å². The molecule has 1 aromatic carbocycles. The first kappa shape index (κ1) is 20.3. The van der Waals surface area contributed by atoms with Crippen LogP contribution in [0, 0.1) is 25.2 Å². The molecule has 2 rings (SSSR count). The fraction of sp³-hybridized carbons (Fsp3) is 0.364. The highest BCUT2D eigenvalue weighted by Gasteiger charge is 2.15. The van der Waals surface area contributed by atoms with E-state index in [1.165, 1.54) is 10.6 Å². The molecule has 0 aliphatic carbocycles. The van der Waals surface area contributed by atoms with E-state index in [1.807, 2.05) is 26.0 Å². The maximum absolute atomic E-state index is 12.1. The van der Waals surface area contributed by atoms with Gasteiger partial charge in [-0.1, -0.05) is 0 Å². The van der Waals surface area contributed by atoms with Crippen LogP contribution < -0.4 is 4.90 Å². The van der Waals surface area contributed by atoms with Crippen LogP contribution in [0.1, 0.15) is 30.8 Å². The Morgan fingerprint density at radius 3 is 2.22 bits per heavy atom. The van der Waals surface area contributed by atoms with Crippen molar-refractivity contribution in [3.05, 3.63) is 52.9 Å². The van der Waals surface area contributed by atoms with Crippen molar-refractivity contribution in [3.63, 3.8) is 0 Å². The minimum absolute atomic E-state index is 0.136. The minimum atomic E-state index is -0.286. The van der Waals surface area contributed by atoms with E-state index < -0.39 is 0 Å². The zero-order valence-corrected chi connectivity index (χ0v) is 17.1. The third-order valence-corrected chi connectivity index (χ3v) is 4.76. The first-order valence-electron chi connectivity index (χ1n) is 9.21. The Balaban J connectivity index is 2.44. The lowest BCUT2D eigenvalue weighted by atomic mass is 10.1. The Kier molecular flexibility index (Phi) is 6.46. The van der Waals surface area contributed by atoms with E-state index in [4.69, 9.17) is 0 Å². The van der Waals surface area contributed by atoms with Crippen molar-refractivity contribution in [2.45, 2.75) is 27.7 Å². The van der Waals surface area contributed by atoms with Crippen LogP contribution in [0.5, 0.6) is 0 Å². The van der Waals surface area contributed by atoms with Crippen molar-refractivity contribution in [2.75, 3.05) is 32.1 Å². The molecule has 5 heteroatoms. The summed E-state index contributed by atoms with van der Waals surface area (Å²) < 4.78 is 2.15. The maximum Gasteiger partial charge on any atom is 0.264 e. The van der Waals surface area contributed by atoms with Crippen molar-refractivity contribution in [2.24, 2.45) is 0 Å². The quantitative estimate of drug-likeness (QED) is 0.576. The van der Waals surface area contributed by atoms with Crippen molar-refractivity contribution >= 4 is 17.7 Å². The molecule has 0 aliphatic rings. The summed E-state index contributed by atoms with van der Waals surface area (Å²) in [5.41, 5.74) is 5.35. The second-order valence-electron chi connectivity index (χ2n) is 6.72. The molecule has 27 heavy (non-hydrogen) atoms. The molecule has 0 saturated carbocycles. The van der Waals surface area contributed by atoms with Gasteiger partial charge in [-0.05, 0) is 69.7 Å². The molecule has 5 nitrogen and oxygen atoms in total. The molecule has 0 saturated heterocycles. The van der Waals surface area contributed by atoms with Gasteiger partial charge in [0.25, 0.3) is 5.91 Å². The molecule has 0 atom stereocenters. The number of hydrogen-bond donors (Lipinski definition) is 0. The molecule has 1 amide bonds. The van der Waals surface area contributed by atoms with Crippen molar-refractivity contribution < 1.29 is 4.79 Å². The molecule has 0 aliphatic heterocycles. The first-order valence-corrected chi connectivity index (χ1v) is 9.21. The summed E-state index contributed by atoms with van der Waals surface area (Å²) in [7, 11) is 3.29. The van der Waals surface area contributed by atoms with Crippen LogP contribution in [-0.2, 0) is 4.79 Å². The molecule has 0 fully saturated rings. The number of aryl methyl sites for hydroxylation is 1. The molecule has 1 aromatic heterocycles. The van der Waals surface area contributed by atoms with E-state index in [9.17, 15) is 10.1 Å². The lowest BCUT2D eigenvalue weighted by Gasteiger charge is -2.21. The van der Waals surface area contributed by atoms with Gasteiger partial charge in [-0.2, -0.15) is 5.26 Å². The zero-order chi connectivity index (χ0) is 20.1. The second-order valence-corrected chi connectivity index (χ2v) is 6.72. The number of likely N-dealkylation sites (N-methyl/N-ethyl adjacent to an activating group) is 1. The maximum atomic E-state index is 12.1. The number of carbonyl (C=O) groups excluding carboxylic acids is 1. The number of hydrogen-bond acceptors (Lipinski definition) is 3. The second kappa shape index (κ2) is 8.59. The Morgan fingerprint density at radius 1 is 1.15 bits per heavy atom. The summed E-state index contributed by atoms with van der Waals surface area (Å²) in [6.07, 6.45) is 1.67. The number of amides is 1. The number of benzene rings is 1. The van der Waals surface area contributed by atoms with Gasteiger partial charge in [-0.3, -0.25) is 4.79 Å². The highest BCUT2D eigenvalue weighted by molar-refractivity contribution is 6.01. The van der Waals surface area contributed by atoms with Crippen LogP contribution in [0.25, 0.3) is 11.8 Å². The minimum Gasteiger partial charge on any atom is -0.372 e. The van der Waals surface area contributed by atoms with Gasteiger partial charge in [0.1, 0.15) is 11.6 Å². The number of carbonyl (C=O) groups is 1. The van der Waals surface area contributed by atoms with Gasteiger partial charge in [-0.15, -0.1) is 0 Å². The monoisotopic (exact) mass is 364 g/mol. The van der Waals surface area contributed by atoms with E-state index in [0.717, 1.165) is 35.7 Å². The van der Waals surface area contributed by atoms with E-state index >= 15 is 0 Å². The molecular weight excluding hydrogens is 336 g/mol. The van der Waals surface area contributed by atoms with Gasteiger partial charge in [0, 0.05) is 49.9 Å². The molecule has 0 unspecified atom stereocenters. The molecule has 0 spiro atoms. The molecule has 142 valence electrons. The predicted octanol–water partition coefficient (Wildman–Crippen LogP) is 3.94. The number of nitrogens with zero attached hydrogens (tertiary/aromatic N) is 4. The van der Waals surface area contributed by atoms with Crippen LogP contribution in [-0.4, -0.2) is 42.6 Å². The summed E-state index contributed by atoms with van der Waals surface area (Å²) in [6.45, 7) is 10.3. The van der Waals surface area contributed by atoms with Gasteiger partial charge >= 0.3 is 0 Å². The van der Waals surface area contributed by atoms with E-state index in [2.05, 4.69) is 47.6 Å². The third-order valence-electron chi connectivity index (χ3n) is 4.76. The van der Waals surface area contributed by atoms with E-state index in [-0.39, 0.29) is 11.5 Å². The van der Waals surface area contributed by atoms with Crippen molar-refractivity contribution in [1.29, 1.82) is 5.26 Å². The largest absolute Gasteiger partial charge is 0.372 e. The average Bonchev–Trinajstić information content (AvgIpc) is 2.94. The summed E-state index contributed by atoms with van der Waals surface area (Å²) in [5, 5.41) is 9.34. The lowest BCUT2D eigenvalue weighted by molar-refractivity contribution is -0.124. The SMILES string of the molecule is CCN(CC)c1ccc(-n2c(C)cc(/C=C(/C#N)C(=O)N(C)C)c2C)cc1. The fourth-order valence-electron chi connectivity index (χ4n) is 3.27. The van der Waals surface area contributed by atoms with Crippen LogP contribution in [0.4, 0.5) is 5.69 Å². The number of rotatable bonds is 6. The zero-order valence-electron chi connectivity index (χ0n) is 17.1. The number of aromatic nitrogens is 1. The van der Waals surface area contributed by atoms with Gasteiger partial charge in [0.2, 0.25) is 0 Å². The molecule has 0 radical (unpaired) electrons. The van der Waals surface area contributed by atoms with Crippen molar-refractivity contribution in [1.82, 2.24) is 9.47 Å². The summed E-state index contributed by atoms with van der Waals surface area (Å²) in [5.74, 6) is -0.286. The predicted molar refractivity (Wildman–Crippen MR) is 111 cm³/mol. The normalized spacial score (nSPS) is 11.2. The fourth-order valence-corrected chi connectivity index (χ4v) is 3.27. The summed E-state index contributed by atoms with van der Waals surface area (Å²) >= 11 is 0.